The van der Waals surface area contributed by atoms with Crippen LogP contribution < -0.4 is 4.80 Å². The van der Waals surface area contributed by atoms with Crippen LogP contribution in [-0.4, -0.2) is 36.3 Å². The molecule has 1 amide bonds. The van der Waals surface area contributed by atoms with Gasteiger partial charge < -0.3 is 4.57 Å². The van der Waals surface area contributed by atoms with Crippen LogP contribution in [0.3, 0.4) is 0 Å². The lowest BCUT2D eigenvalue weighted by Gasteiger charge is -2.29. The van der Waals surface area contributed by atoms with Crippen LogP contribution in [0.15, 0.2) is 51.0 Å². The highest BCUT2D eigenvalue weighted by Crippen LogP contribution is 2.27. The Kier molecular flexibility index (Phi) is 5.50. The summed E-state index contributed by atoms with van der Waals surface area (Å²) in [5.74, 6) is -0.382. The van der Waals surface area contributed by atoms with Crippen molar-refractivity contribution in [2.24, 2.45) is 10.9 Å². The largest absolute Gasteiger partial charge is 0.317 e. The maximum absolute atomic E-state index is 12.8. The van der Waals surface area contributed by atoms with Crippen LogP contribution in [0, 0.1) is 5.92 Å². The van der Waals surface area contributed by atoms with E-state index in [4.69, 9.17) is 0 Å². The number of aryl methyl sites for hydroxylation is 1. The number of para-hydroxylation sites is 1. The predicted molar refractivity (Wildman–Crippen MR) is 112 cm³/mol. The molecule has 0 bridgehead atoms. The van der Waals surface area contributed by atoms with Gasteiger partial charge in [-0.3, -0.25) is 4.79 Å². The van der Waals surface area contributed by atoms with Crippen molar-refractivity contribution in [2.75, 3.05) is 13.1 Å². The van der Waals surface area contributed by atoms with Gasteiger partial charge in [0, 0.05) is 25.6 Å². The fraction of sp³-hybridized carbons (Fsp3) is 0.368. The van der Waals surface area contributed by atoms with Gasteiger partial charge in [0.1, 0.15) is 4.21 Å². The minimum absolute atomic E-state index is 0.151. The molecular weight excluding hydrogens is 414 g/mol. The average molecular weight is 436 g/mol. The first-order valence-electron chi connectivity index (χ1n) is 9.21. The molecule has 1 saturated heterocycles. The van der Waals surface area contributed by atoms with Gasteiger partial charge >= 0.3 is 0 Å². The molecule has 4 rings (SSSR count). The monoisotopic (exact) mass is 435 g/mol. The van der Waals surface area contributed by atoms with Crippen LogP contribution >= 0.6 is 22.7 Å². The maximum atomic E-state index is 12.8. The lowest BCUT2D eigenvalue weighted by Crippen LogP contribution is -2.40. The number of sulfonamides is 1. The van der Waals surface area contributed by atoms with E-state index in [-0.39, 0.29) is 11.8 Å². The fourth-order valence-electron chi connectivity index (χ4n) is 3.48. The first-order chi connectivity index (χ1) is 13.5. The second-order valence-electron chi connectivity index (χ2n) is 6.66. The van der Waals surface area contributed by atoms with Gasteiger partial charge in [0.25, 0.3) is 15.9 Å². The zero-order valence-electron chi connectivity index (χ0n) is 15.4. The SMILES string of the molecule is CCn1c(=NC(=O)C2CCN(S(=O)(=O)c3cccs3)CC2)sc2ccccc21. The first kappa shape index (κ1) is 19.5. The Morgan fingerprint density at radius 2 is 1.93 bits per heavy atom. The highest BCUT2D eigenvalue weighted by atomic mass is 32.2. The quantitative estimate of drug-likeness (QED) is 0.631. The van der Waals surface area contributed by atoms with Crippen LogP contribution in [0.25, 0.3) is 10.2 Å². The molecule has 1 fully saturated rings. The van der Waals surface area contributed by atoms with E-state index >= 15 is 0 Å². The van der Waals surface area contributed by atoms with Crippen LogP contribution in [0.1, 0.15) is 19.8 Å². The molecule has 0 radical (unpaired) electrons. The van der Waals surface area contributed by atoms with Gasteiger partial charge in [0.05, 0.1) is 10.2 Å². The molecule has 0 N–H and O–H groups in total. The highest BCUT2D eigenvalue weighted by Gasteiger charge is 2.32. The van der Waals surface area contributed by atoms with Crippen molar-refractivity contribution in [3.8, 4) is 0 Å². The third-order valence-corrected chi connectivity index (χ3v) is 9.33. The van der Waals surface area contributed by atoms with E-state index in [0.717, 1.165) is 16.8 Å². The molecule has 0 saturated carbocycles. The van der Waals surface area contributed by atoms with Gasteiger partial charge in [0.2, 0.25) is 0 Å². The molecule has 3 heterocycles. The Hall–Kier alpha value is -1.81. The number of hydrogen-bond donors (Lipinski definition) is 0. The van der Waals surface area contributed by atoms with Crippen molar-refractivity contribution >= 4 is 48.8 Å². The summed E-state index contributed by atoms with van der Waals surface area (Å²) in [6.45, 7) is 3.49. The highest BCUT2D eigenvalue weighted by molar-refractivity contribution is 7.91. The summed E-state index contributed by atoms with van der Waals surface area (Å²) in [5.41, 5.74) is 1.08. The smallest absolute Gasteiger partial charge is 0.252 e. The summed E-state index contributed by atoms with van der Waals surface area (Å²) in [7, 11) is -3.45. The van der Waals surface area contributed by atoms with E-state index in [1.807, 2.05) is 35.8 Å². The lowest BCUT2D eigenvalue weighted by atomic mass is 9.98. The van der Waals surface area contributed by atoms with Gasteiger partial charge in [-0.25, -0.2) is 8.42 Å². The molecule has 9 heteroatoms. The second-order valence-corrected chi connectivity index (χ2v) is 10.8. The van der Waals surface area contributed by atoms with Crippen LogP contribution in [0.5, 0.6) is 0 Å². The summed E-state index contributed by atoms with van der Waals surface area (Å²) < 4.78 is 30.2. The summed E-state index contributed by atoms with van der Waals surface area (Å²) in [6.07, 6.45) is 1.01. The normalized spacial score (nSPS) is 17.4. The Labute approximate surface area is 171 Å². The van der Waals surface area contributed by atoms with E-state index in [1.54, 1.807) is 17.5 Å². The predicted octanol–water partition coefficient (Wildman–Crippen LogP) is 3.31. The Morgan fingerprint density at radius 1 is 1.18 bits per heavy atom. The molecule has 28 heavy (non-hydrogen) atoms. The van der Waals surface area contributed by atoms with Gasteiger partial charge in [-0.05, 0) is 43.3 Å². The van der Waals surface area contributed by atoms with Crippen molar-refractivity contribution in [3.63, 3.8) is 0 Å². The van der Waals surface area contributed by atoms with Gasteiger partial charge in [0.15, 0.2) is 4.80 Å². The molecule has 1 aliphatic heterocycles. The number of amides is 1. The summed E-state index contributed by atoms with van der Waals surface area (Å²) in [5, 5.41) is 1.76. The van der Waals surface area contributed by atoms with Crippen LogP contribution in [0.4, 0.5) is 0 Å². The van der Waals surface area contributed by atoms with E-state index in [9.17, 15) is 13.2 Å². The van der Waals surface area contributed by atoms with Gasteiger partial charge in [-0.2, -0.15) is 9.30 Å². The number of benzene rings is 1. The van der Waals surface area contributed by atoms with Crippen LogP contribution in [-0.2, 0) is 21.4 Å². The van der Waals surface area contributed by atoms with Crippen LogP contribution in [0.2, 0.25) is 0 Å². The number of hydrogen-bond acceptors (Lipinski definition) is 5. The van der Waals surface area contributed by atoms with E-state index in [2.05, 4.69) is 4.99 Å². The fourth-order valence-corrected chi connectivity index (χ4v) is 7.19. The topological polar surface area (TPSA) is 71.7 Å². The molecule has 1 aliphatic rings. The molecule has 0 atom stereocenters. The Bertz CT molecular complexity index is 1150. The molecule has 0 unspecified atom stereocenters. The van der Waals surface area contributed by atoms with Crippen molar-refractivity contribution in [1.29, 1.82) is 0 Å². The first-order valence-corrected chi connectivity index (χ1v) is 12.3. The number of fused-ring (bicyclic) bond motifs is 1. The minimum atomic E-state index is -3.45. The summed E-state index contributed by atoms with van der Waals surface area (Å²) in [4.78, 5) is 17.9. The average Bonchev–Trinajstić information content (AvgIpc) is 3.36. The third kappa shape index (κ3) is 3.59. The number of carbonyl (C=O) groups excluding carboxylic acids is 1. The number of carbonyl (C=O) groups is 1. The molecule has 148 valence electrons. The van der Waals surface area contributed by atoms with Crippen molar-refractivity contribution < 1.29 is 13.2 Å². The molecular formula is C19H21N3O3S3. The zero-order chi connectivity index (χ0) is 19.7. The number of rotatable bonds is 4. The van der Waals surface area contributed by atoms with Crippen molar-refractivity contribution in [2.45, 2.75) is 30.5 Å². The molecule has 6 nitrogen and oxygen atoms in total. The van der Waals surface area contributed by atoms with Gasteiger partial charge in [-0.1, -0.05) is 29.5 Å². The van der Waals surface area contributed by atoms with Gasteiger partial charge in [-0.15, -0.1) is 11.3 Å². The second kappa shape index (κ2) is 7.90. The summed E-state index contributed by atoms with van der Waals surface area (Å²) >= 11 is 2.74. The number of piperidine rings is 1. The number of aromatic nitrogens is 1. The van der Waals surface area contributed by atoms with Crippen molar-refractivity contribution in [3.05, 3.63) is 46.6 Å². The van der Waals surface area contributed by atoms with Crippen molar-refractivity contribution in [1.82, 2.24) is 8.87 Å². The Balaban J connectivity index is 1.51. The van der Waals surface area contributed by atoms with E-state index in [1.165, 1.54) is 27.0 Å². The molecule has 1 aromatic carbocycles. The number of thiazole rings is 1. The molecule has 3 aromatic rings. The lowest BCUT2D eigenvalue weighted by molar-refractivity contribution is -0.122. The molecule has 0 aliphatic carbocycles. The zero-order valence-corrected chi connectivity index (χ0v) is 17.9. The maximum Gasteiger partial charge on any atom is 0.252 e. The number of nitrogens with zero attached hydrogens (tertiary/aromatic N) is 3. The summed E-state index contributed by atoms with van der Waals surface area (Å²) in [6, 6.07) is 11.4. The number of thiophene rings is 1. The third-order valence-electron chi connectivity index (χ3n) is 5.00. The standard InChI is InChI=1S/C19H21N3O3S3/c1-2-22-15-6-3-4-7-16(15)27-19(22)20-18(23)14-9-11-21(12-10-14)28(24,25)17-8-5-13-26-17/h3-8,13-14H,2,9-12H2,1H3. The van der Waals surface area contributed by atoms with E-state index < -0.39 is 10.0 Å². The van der Waals surface area contributed by atoms with E-state index in [0.29, 0.717) is 34.9 Å². The molecule has 0 spiro atoms. The molecule has 2 aromatic heterocycles. The minimum Gasteiger partial charge on any atom is -0.317 e. The Morgan fingerprint density at radius 3 is 2.61 bits per heavy atom.